The molecule has 2 bridgehead atoms. The Kier molecular flexibility index (Phi) is 4.17. The number of fused-ring (bicyclic) bond motifs is 2. The molecule has 4 rings (SSSR count). The van der Waals surface area contributed by atoms with Gasteiger partial charge in [0.05, 0.1) is 11.4 Å². The van der Waals surface area contributed by atoms with E-state index in [4.69, 9.17) is 0 Å². The molecule has 2 fully saturated rings. The van der Waals surface area contributed by atoms with Gasteiger partial charge in [-0.1, -0.05) is 32.0 Å². The smallest absolute Gasteiger partial charge is 0.238 e. The lowest BCUT2D eigenvalue weighted by Gasteiger charge is -2.32. The molecule has 2 aliphatic rings. The van der Waals surface area contributed by atoms with Gasteiger partial charge >= 0.3 is 0 Å². The van der Waals surface area contributed by atoms with Gasteiger partial charge in [0, 0.05) is 11.1 Å². The maximum absolute atomic E-state index is 12.9. The van der Waals surface area contributed by atoms with Crippen LogP contribution in [0.5, 0.6) is 0 Å². The number of ketones is 1. The average Bonchev–Trinajstić information content (AvgIpc) is 3.21. The molecule has 2 aliphatic carbocycles. The lowest BCUT2D eigenvalue weighted by atomic mass is 9.70. The Morgan fingerprint density at radius 2 is 1.63 bits per heavy atom. The Morgan fingerprint density at radius 3 is 2.22 bits per heavy atom. The summed E-state index contributed by atoms with van der Waals surface area (Å²) in [5, 5.41) is 11.3. The second-order valence-electron chi connectivity index (χ2n) is 8.11. The van der Waals surface area contributed by atoms with E-state index in [9.17, 15) is 9.59 Å². The topological polar surface area (TPSA) is 70.9 Å². The molecule has 5 nitrogen and oxygen atoms in total. The van der Waals surface area contributed by atoms with Crippen molar-refractivity contribution in [1.82, 2.24) is 0 Å². The number of Topliss-reactive ketones (excluding diaryl/α,β-unsaturated/α-hetero) is 1. The highest BCUT2D eigenvalue weighted by molar-refractivity contribution is 6.15. The first-order chi connectivity index (χ1) is 12.9. The molecule has 27 heavy (non-hydrogen) atoms. The van der Waals surface area contributed by atoms with Crippen molar-refractivity contribution in [1.29, 1.82) is 0 Å². The van der Waals surface area contributed by atoms with Crippen molar-refractivity contribution in [3.8, 4) is 0 Å². The number of benzene rings is 2. The monoisotopic (exact) mass is 361 g/mol. The van der Waals surface area contributed by atoms with E-state index in [2.05, 4.69) is 15.5 Å². The van der Waals surface area contributed by atoms with Crippen LogP contribution in [0.3, 0.4) is 0 Å². The molecule has 0 saturated heterocycles. The molecule has 2 aromatic carbocycles. The number of anilines is 1. The minimum absolute atomic E-state index is 0.0945. The SMILES string of the molecule is CC1(C)C(=O)C2(C(=O)Nc3ccc(N=Nc4ccccc4)cc3)CCC1C2. The van der Waals surface area contributed by atoms with Crippen molar-refractivity contribution in [3.05, 3.63) is 54.6 Å². The first-order valence-corrected chi connectivity index (χ1v) is 9.35. The fourth-order valence-electron chi connectivity index (χ4n) is 4.45. The number of carbonyl (C=O) groups is 2. The van der Waals surface area contributed by atoms with Crippen LogP contribution in [0.1, 0.15) is 33.1 Å². The molecule has 1 amide bonds. The molecule has 0 radical (unpaired) electrons. The third-order valence-corrected chi connectivity index (χ3v) is 6.15. The highest BCUT2D eigenvalue weighted by Gasteiger charge is 2.64. The molecule has 1 N–H and O–H groups in total. The maximum Gasteiger partial charge on any atom is 0.238 e. The Labute approximate surface area is 158 Å². The van der Waals surface area contributed by atoms with Crippen LogP contribution >= 0.6 is 0 Å². The molecule has 0 aromatic heterocycles. The quantitative estimate of drug-likeness (QED) is 0.582. The first kappa shape index (κ1) is 17.6. The third kappa shape index (κ3) is 2.97. The number of hydrogen-bond donors (Lipinski definition) is 1. The summed E-state index contributed by atoms with van der Waals surface area (Å²) in [7, 11) is 0. The Balaban J connectivity index is 1.45. The zero-order chi connectivity index (χ0) is 19.1. The molecule has 2 saturated carbocycles. The van der Waals surface area contributed by atoms with Gasteiger partial charge in [0.15, 0.2) is 5.78 Å². The van der Waals surface area contributed by atoms with Gasteiger partial charge in [-0.3, -0.25) is 9.59 Å². The molecule has 0 heterocycles. The van der Waals surface area contributed by atoms with Gasteiger partial charge < -0.3 is 5.32 Å². The van der Waals surface area contributed by atoms with E-state index in [0.29, 0.717) is 30.1 Å². The Hall–Kier alpha value is -2.82. The van der Waals surface area contributed by atoms with E-state index < -0.39 is 10.8 Å². The summed E-state index contributed by atoms with van der Waals surface area (Å²) in [5.41, 5.74) is 0.923. The zero-order valence-electron chi connectivity index (χ0n) is 15.6. The predicted molar refractivity (Wildman–Crippen MR) is 104 cm³/mol. The van der Waals surface area contributed by atoms with Gasteiger partial charge in [0.25, 0.3) is 0 Å². The van der Waals surface area contributed by atoms with Crippen LogP contribution < -0.4 is 5.32 Å². The molecule has 0 aliphatic heterocycles. The Bertz CT molecular complexity index is 903. The van der Waals surface area contributed by atoms with Gasteiger partial charge in [-0.25, -0.2) is 0 Å². The fourth-order valence-corrected chi connectivity index (χ4v) is 4.45. The summed E-state index contributed by atoms with van der Waals surface area (Å²) >= 11 is 0. The molecule has 2 unspecified atom stereocenters. The van der Waals surface area contributed by atoms with Crippen molar-refractivity contribution >= 4 is 28.8 Å². The standard InChI is InChI=1S/C22H23N3O2/c1-21(2)15-12-13-22(14-15,19(21)26)20(27)23-16-8-10-18(11-9-16)25-24-17-6-4-3-5-7-17/h3-11,15H,12-14H2,1-2H3,(H,23,27). The van der Waals surface area contributed by atoms with E-state index in [0.717, 1.165) is 12.1 Å². The average molecular weight is 361 g/mol. The molecule has 5 heteroatoms. The highest BCUT2D eigenvalue weighted by atomic mass is 16.2. The molecule has 2 atom stereocenters. The minimum atomic E-state index is -0.847. The van der Waals surface area contributed by atoms with E-state index in [1.54, 1.807) is 24.3 Å². The summed E-state index contributed by atoms with van der Waals surface area (Å²) in [6.45, 7) is 3.95. The lowest BCUT2D eigenvalue weighted by Crippen LogP contribution is -2.44. The van der Waals surface area contributed by atoms with Crippen LogP contribution in [-0.2, 0) is 9.59 Å². The van der Waals surface area contributed by atoms with E-state index in [1.807, 2.05) is 44.2 Å². The predicted octanol–water partition coefficient (Wildman–Crippen LogP) is 5.44. The summed E-state index contributed by atoms with van der Waals surface area (Å²) in [4.78, 5) is 25.7. The fraction of sp³-hybridized carbons (Fsp3) is 0.364. The summed E-state index contributed by atoms with van der Waals surface area (Å²) in [5.74, 6) is 0.243. The van der Waals surface area contributed by atoms with Gasteiger partial charge in [0.1, 0.15) is 5.41 Å². The number of nitrogens with zero attached hydrogens (tertiary/aromatic N) is 2. The largest absolute Gasteiger partial charge is 0.325 e. The number of hydrogen-bond acceptors (Lipinski definition) is 4. The molecule has 0 spiro atoms. The second-order valence-corrected chi connectivity index (χ2v) is 8.11. The van der Waals surface area contributed by atoms with Gasteiger partial charge in [-0.15, -0.1) is 0 Å². The summed E-state index contributed by atoms with van der Waals surface area (Å²) < 4.78 is 0. The van der Waals surface area contributed by atoms with Crippen LogP contribution in [0.15, 0.2) is 64.8 Å². The minimum Gasteiger partial charge on any atom is -0.325 e. The van der Waals surface area contributed by atoms with Crippen molar-refractivity contribution in [3.63, 3.8) is 0 Å². The van der Waals surface area contributed by atoms with Crippen molar-refractivity contribution in [2.24, 2.45) is 27.0 Å². The molecular weight excluding hydrogens is 338 g/mol. The van der Waals surface area contributed by atoms with Crippen LogP contribution in [0.2, 0.25) is 0 Å². The number of carbonyl (C=O) groups excluding carboxylic acids is 2. The van der Waals surface area contributed by atoms with Gasteiger partial charge in [-0.05, 0) is 61.6 Å². The van der Waals surface area contributed by atoms with Crippen LogP contribution in [0, 0.1) is 16.7 Å². The van der Waals surface area contributed by atoms with Gasteiger partial charge in [-0.2, -0.15) is 10.2 Å². The van der Waals surface area contributed by atoms with Crippen molar-refractivity contribution in [2.45, 2.75) is 33.1 Å². The molecular formula is C22H23N3O2. The van der Waals surface area contributed by atoms with E-state index >= 15 is 0 Å². The summed E-state index contributed by atoms with van der Waals surface area (Å²) in [6, 6.07) is 16.7. The van der Waals surface area contributed by atoms with Crippen molar-refractivity contribution in [2.75, 3.05) is 5.32 Å². The number of nitrogens with one attached hydrogen (secondary N) is 1. The molecule has 2 aromatic rings. The van der Waals surface area contributed by atoms with Gasteiger partial charge in [0.2, 0.25) is 5.91 Å². The number of azo groups is 1. The van der Waals surface area contributed by atoms with Crippen LogP contribution in [0.25, 0.3) is 0 Å². The van der Waals surface area contributed by atoms with Crippen molar-refractivity contribution < 1.29 is 9.59 Å². The van der Waals surface area contributed by atoms with E-state index in [1.165, 1.54) is 0 Å². The number of amides is 1. The Morgan fingerprint density at radius 1 is 1.00 bits per heavy atom. The second kappa shape index (κ2) is 6.41. The number of rotatable bonds is 4. The van der Waals surface area contributed by atoms with E-state index in [-0.39, 0.29) is 11.7 Å². The molecule has 138 valence electrons. The third-order valence-electron chi connectivity index (χ3n) is 6.15. The highest BCUT2D eigenvalue weighted by Crippen LogP contribution is 2.60. The van der Waals surface area contributed by atoms with Crippen LogP contribution in [-0.4, -0.2) is 11.7 Å². The normalized spacial score (nSPS) is 25.9. The summed E-state index contributed by atoms with van der Waals surface area (Å²) in [6.07, 6.45) is 2.29. The first-order valence-electron chi connectivity index (χ1n) is 9.35. The van der Waals surface area contributed by atoms with Crippen LogP contribution in [0.4, 0.5) is 17.1 Å². The zero-order valence-corrected chi connectivity index (χ0v) is 15.6. The maximum atomic E-state index is 12.9. The lowest BCUT2D eigenvalue weighted by molar-refractivity contribution is -0.142.